The fraction of sp³-hybridized carbons (Fsp3) is 0. The third kappa shape index (κ3) is 3.27. The van der Waals surface area contributed by atoms with Crippen molar-refractivity contribution in [2.24, 2.45) is 0 Å². The van der Waals surface area contributed by atoms with Crippen LogP contribution in [0.5, 0.6) is 0 Å². The van der Waals surface area contributed by atoms with Crippen LogP contribution in [0.3, 0.4) is 0 Å². The van der Waals surface area contributed by atoms with E-state index in [-0.39, 0.29) is 0 Å². The molecule has 0 N–H and O–H groups in total. The first-order valence-corrected chi connectivity index (χ1v) is 14.8. The van der Waals surface area contributed by atoms with Crippen LogP contribution in [0.4, 0.5) is 0 Å². The van der Waals surface area contributed by atoms with Gasteiger partial charge in [0.1, 0.15) is 0 Å². The summed E-state index contributed by atoms with van der Waals surface area (Å²) in [5.41, 5.74) is 8.53. The number of hydrogen-bond donors (Lipinski definition) is 0. The predicted octanol–water partition coefficient (Wildman–Crippen LogP) is 1.62. The molecule has 3 nitrogen and oxygen atoms in total. The van der Waals surface area contributed by atoms with E-state index in [1.807, 2.05) is 91.0 Å². The van der Waals surface area contributed by atoms with E-state index in [1.54, 1.807) is 0 Å². The maximum atomic E-state index is 6.61. The van der Waals surface area contributed by atoms with E-state index in [0.717, 1.165) is 15.6 Å². The van der Waals surface area contributed by atoms with Gasteiger partial charge in [0, 0.05) is 15.6 Å². The van der Waals surface area contributed by atoms with Crippen molar-refractivity contribution in [3.63, 3.8) is 0 Å². The molecular formula is C24H18O3Si3. The van der Waals surface area contributed by atoms with Crippen molar-refractivity contribution in [3.8, 4) is 35.9 Å². The lowest BCUT2D eigenvalue weighted by Gasteiger charge is -2.47. The molecule has 0 unspecified atom stereocenters. The standard InChI is InChI=1S/C24H18O3Si3/c1-4-28(22-16-10-7-11-17-22)25-29(5-2,23-18-12-8-13-19-23)27-30(6-3,26-28)24-20-14-9-15-21-24/h1-3,7-21H. The van der Waals surface area contributed by atoms with E-state index in [4.69, 9.17) is 31.6 Å². The molecule has 4 rings (SSSR count). The van der Waals surface area contributed by atoms with E-state index in [2.05, 4.69) is 16.6 Å². The number of hydrogen-bond acceptors (Lipinski definition) is 3. The second kappa shape index (κ2) is 7.95. The van der Waals surface area contributed by atoms with Gasteiger partial charge in [0.05, 0.1) is 0 Å². The quantitative estimate of drug-likeness (QED) is 0.459. The van der Waals surface area contributed by atoms with E-state index in [9.17, 15) is 0 Å². The first-order chi connectivity index (χ1) is 14.6. The van der Waals surface area contributed by atoms with Crippen LogP contribution in [0.25, 0.3) is 0 Å². The molecule has 0 aliphatic carbocycles. The summed E-state index contributed by atoms with van der Waals surface area (Å²) < 4.78 is 19.8. The molecule has 6 heteroatoms. The molecule has 0 amide bonds. The zero-order valence-corrected chi connectivity index (χ0v) is 19.1. The summed E-state index contributed by atoms with van der Waals surface area (Å²) in [6.07, 6.45) is 18.3. The monoisotopic (exact) mass is 438 g/mol. The Bertz CT molecular complexity index is 1000. The highest BCUT2D eigenvalue weighted by atomic mass is 28.5. The van der Waals surface area contributed by atoms with Gasteiger partial charge in [-0.1, -0.05) is 108 Å². The Morgan fingerprint density at radius 1 is 0.433 bits per heavy atom. The van der Waals surface area contributed by atoms with Gasteiger partial charge in [0.15, 0.2) is 0 Å². The summed E-state index contributed by atoms with van der Waals surface area (Å²) in [5, 5.41) is 2.34. The van der Waals surface area contributed by atoms with Crippen LogP contribution >= 0.6 is 0 Å². The van der Waals surface area contributed by atoms with Gasteiger partial charge in [-0.25, -0.2) is 0 Å². The molecule has 0 saturated carbocycles. The van der Waals surface area contributed by atoms with Crippen molar-refractivity contribution >= 4 is 41.2 Å². The Labute approximate surface area is 180 Å². The highest BCUT2D eigenvalue weighted by Crippen LogP contribution is 2.30. The zero-order chi connectivity index (χ0) is 21.1. The Balaban J connectivity index is 2.00. The number of benzene rings is 3. The summed E-state index contributed by atoms with van der Waals surface area (Å²) >= 11 is 0. The van der Waals surface area contributed by atoms with Crippen LogP contribution in [-0.2, 0) is 12.3 Å². The molecule has 0 radical (unpaired) electrons. The summed E-state index contributed by atoms with van der Waals surface area (Å²) in [5.74, 6) is 0. The Kier molecular flexibility index (Phi) is 5.34. The van der Waals surface area contributed by atoms with Crippen LogP contribution in [0.1, 0.15) is 0 Å². The molecule has 1 aliphatic heterocycles. The highest BCUT2D eigenvalue weighted by Gasteiger charge is 2.65. The van der Waals surface area contributed by atoms with Crippen molar-refractivity contribution in [1.29, 1.82) is 0 Å². The van der Waals surface area contributed by atoms with Crippen LogP contribution < -0.4 is 15.6 Å². The lowest BCUT2D eigenvalue weighted by atomic mass is 10.4. The topological polar surface area (TPSA) is 27.7 Å². The van der Waals surface area contributed by atoms with Gasteiger partial charge in [0.2, 0.25) is 0 Å². The van der Waals surface area contributed by atoms with Gasteiger partial charge in [-0.15, -0.1) is 19.3 Å². The largest absolute Gasteiger partial charge is 0.442 e. The summed E-state index contributed by atoms with van der Waals surface area (Å²) in [6.45, 7) is 0. The van der Waals surface area contributed by atoms with Gasteiger partial charge in [-0.3, -0.25) is 0 Å². The molecule has 3 aromatic carbocycles. The predicted molar refractivity (Wildman–Crippen MR) is 125 cm³/mol. The van der Waals surface area contributed by atoms with Crippen LogP contribution in [0.15, 0.2) is 91.0 Å². The molecule has 144 valence electrons. The number of rotatable bonds is 3. The Morgan fingerprint density at radius 3 is 0.867 bits per heavy atom. The zero-order valence-electron chi connectivity index (χ0n) is 16.1. The van der Waals surface area contributed by atoms with Crippen LogP contribution in [0, 0.1) is 35.9 Å². The first kappa shape index (κ1) is 20.2. The minimum absolute atomic E-state index is 0.780. The minimum Gasteiger partial charge on any atom is -0.390 e. The molecule has 0 atom stereocenters. The molecule has 0 spiro atoms. The van der Waals surface area contributed by atoms with Gasteiger partial charge in [-0.05, 0) is 0 Å². The SMILES string of the molecule is C#C[Si]1(c2ccccc2)O[Si](C#C)(c2ccccc2)O[Si](C#C)(c2ccccc2)O1. The maximum Gasteiger partial charge on any atom is 0.442 e. The molecule has 1 aliphatic rings. The van der Waals surface area contributed by atoms with Crippen molar-refractivity contribution in [2.75, 3.05) is 0 Å². The molecule has 1 fully saturated rings. The Hall–Kier alpha value is -3.13. The van der Waals surface area contributed by atoms with Crippen molar-refractivity contribution in [2.45, 2.75) is 0 Å². The summed E-state index contributed by atoms with van der Waals surface area (Å²) in [7, 11) is -10.4. The highest BCUT2D eigenvalue weighted by molar-refractivity contribution is 7.12. The molecule has 3 aromatic rings. The molecule has 0 aromatic heterocycles. The van der Waals surface area contributed by atoms with Crippen molar-refractivity contribution in [3.05, 3.63) is 91.0 Å². The smallest absolute Gasteiger partial charge is 0.390 e. The third-order valence-electron chi connectivity index (χ3n) is 4.89. The summed E-state index contributed by atoms with van der Waals surface area (Å²) in [6, 6.07) is 28.5. The summed E-state index contributed by atoms with van der Waals surface area (Å²) in [4.78, 5) is 0. The number of terminal acetylenes is 3. The average molecular weight is 439 g/mol. The van der Waals surface area contributed by atoms with Crippen molar-refractivity contribution < 1.29 is 12.3 Å². The fourth-order valence-corrected chi connectivity index (χ4v) is 16.5. The van der Waals surface area contributed by atoms with E-state index >= 15 is 0 Å². The second-order valence-corrected chi connectivity index (χ2v) is 15.4. The van der Waals surface area contributed by atoms with Gasteiger partial charge in [-0.2, -0.15) is 0 Å². The van der Waals surface area contributed by atoms with Gasteiger partial charge in [0.25, 0.3) is 0 Å². The van der Waals surface area contributed by atoms with Crippen LogP contribution in [0.2, 0.25) is 0 Å². The Morgan fingerprint density at radius 2 is 0.667 bits per heavy atom. The lowest BCUT2D eigenvalue weighted by molar-refractivity contribution is 0.270. The van der Waals surface area contributed by atoms with Crippen LogP contribution in [-0.4, -0.2) is 25.7 Å². The van der Waals surface area contributed by atoms with E-state index < -0.39 is 25.7 Å². The molecule has 1 heterocycles. The van der Waals surface area contributed by atoms with E-state index in [0.29, 0.717) is 0 Å². The van der Waals surface area contributed by atoms with Crippen molar-refractivity contribution in [1.82, 2.24) is 0 Å². The minimum atomic E-state index is -3.47. The molecule has 30 heavy (non-hydrogen) atoms. The molecular weight excluding hydrogens is 421 g/mol. The van der Waals surface area contributed by atoms with Gasteiger partial charge >= 0.3 is 25.7 Å². The normalized spacial score (nSPS) is 27.9. The van der Waals surface area contributed by atoms with Gasteiger partial charge < -0.3 is 12.3 Å². The fourth-order valence-electron chi connectivity index (χ4n) is 3.42. The lowest BCUT2D eigenvalue weighted by Crippen LogP contribution is -2.79. The van der Waals surface area contributed by atoms with E-state index in [1.165, 1.54) is 0 Å². The maximum absolute atomic E-state index is 6.61. The molecule has 0 bridgehead atoms. The first-order valence-electron chi connectivity index (χ1n) is 9.32. The molecule has 1 saturated heterocycles. The third-order valence-corrected chi connectivity index (χ3v) is 16.2. The second-order valence-electron chi connectivity index (χ2n) is 6.69. The average Bonchev–Trinajstić information content (AvgIpc) is 2.85.